The summed E-state index contributed by atoms with van der Waals surface area (Å²) < 4.78 is 36.3. The summed E-state index contributed by atoms with van der Waals surface area (Å²) in [6.07, 6.45) is 1.93. The second-order valence-corrected chi connectivity index (χ2v) is 11.0. The lowest BCUT2D eigenvalue weighted by Gasteiger charge is -2.37. The van der Waals surface area contributed by atoms with Crippen LogP contribution < -0.4 is 10.1 Å². The minimum absolute atomic E-state index is 0.0478. The fourth-order valence-corrected chi connectivity index (χ4v) is 5.99. The number of nitrogens with one attached hydrogen (secondary N) is 1. The van der Waals surface area contributed by atoms with E-state index in [0.29, 0.717) is 57.7 Å². The second-order valence-electron chi connectivity index (χ2n) is 8.76. The number of carbonyl (C=O) groups is 1. The number of aliphatic hydroxyl groups excluding tert-OH is 1. The molecule has 1 amide bonds. The Morgan fingerprint density at radius 3 is 2.74 bits per heavy atom. The molecule has 0 aromatic heterocycles. The van der Waals surface area contributed by atoms with Gasteiger partial charge in [-0.25, -0.2) is 13.2 Å². The van der Waals surface area contributed by atoms with Crippen molar-refractivity contribution in [3.05, 3.63) is 24.3 Å². The first kappa shape index (κ1) is 22.3. The van der Waals surface area contributed by atoms with Crippen molar-refractivity contribution in [2.75, 3.05) is 32.8 Å². The fourth-order valence-electron chi connectivity index (χ4n) is 4.30. The van der Waals surface area contributed by atoms with Gasteiger partial charge >= 0.3 is 6.09 Å². The summed E-state index contributed by atoms with van der Waals surface area (Å²) in [5.74, 6) is 0.425. The van der Waals surface area contributed by atoms with Crippen LogP contribution in [0.4, 0.5) is 4.79 Å². The Hall–Kier alpha value is -1.88. The van der Waals surface area contributed by atoms with Crippen LogP contribution in [-0.4, -0.2) is 85.5 Å². The Morgan fingerprint density at radius 2 is 2.06 bits per heavy atom. The Labute approximate surface area is 182 Å². The number of carboxylic acid groups (broad SMARTS) is 1. The van der Waals surface area contributed by atoms with E-state index in [9.17, 15) is 18.3 Å². The average Bonchev–Trinajstić information content (AvgIpc) is 3.55. The first-order valence-corrected chi connectivity index (χ1v) is 12.3. The number of ether oxygens (including phenoxy) is 2. The molecule has 172 valence electrons. The molecular weight excluding hydrogens is 424 g/mol. The van der Waals surface area contributed by atoms with Crippen molar-refractivity contribution in [3.8, 4) is 5.75 Å². The van der Waals surface area contributed by atoms with Gasteiger partial charge in [0.2, 0.25) is 0 Å². The van der Waals surface area contributed by atoms with E-state index in [4.69, 9.17) is 14.6 Å². The molecule has 0 radical (unpaired) electrons. The van der Waals surface area contributed by atoms with Crippen LogP contribution in [0.1, 0.15) is 32.1 Å². The Morgan fingerprint density at radius 1 is 1.32 bits per heavy atom. The highest BCUT2D eigenvalue weighted by Crippen LogP contribution is 2.36. The summed E-state index contributed by atoms with van der Waals surface area (Å²) in [6.45, 7) is 1.86. The molecule has 4 rings (SSSR count). The minimum Gasteiger partial charge on any atom is -0.491 e. The second kappa shape index (κ2) is 8.93. The predicted octanol–water partition coefficient (Wildman–Crippen LogP) is 1.25. The molecule has 3 N–H and O–H groups in total. The predicted molar refractivity (Wildman–Crippen MR) is 112 cm³/mol. The molecule has 2 heterocycles. The molecule has 2 unspecified atom stereocenters. The van der Waals surface area contributed by atoms with Gasteiger partial charge in [-0.3, -0.25) is 0 Å². The molecule has 1 aromatic rings. The van der Waals surface area contributed by atoms with Crippen LogP contribution in [0.25, 0.3) is 0 Å². The molecule has 31 heavy (non-hydrogen) atoms. The first-order chi connectivity index (χ1) is 14.8. The lowest BCUT2D eigenvalue weighted by atomic mass is 9.87. The summed E-state index contributed by atoms with van der Waals surface area (Å²) in [4.78, 5) is 12.8. The molecule has 2 saturated heterocycles. The third kappa shape index (κ3) is 5.31. The van der Waals surface area contributed by atoms with Gasteiger partial charge in [-0.1, -0.05) is 6.07 Å². The number of hydrogen-bond acceptors (Lipinski definition) is 7. The van der Waals surface area contributed by atoms with Gasteiger partial charge in [0, 0.05) is 25.7 Å². The van der Waals surface area contributed by atoms with Crippen LogP contribution in [0.15, 0.2) is 29.2 Å². The van der Waals surface area contributed by atoms with Gasteiger partial charge in [0.05, 0.1) is 22.4 Å². The molecule has 10 heteroatoms. The zero-order chi connectivity index (χ0) is 22.1. The van der Waals surface area contributed by atoms with E-state index in [-0.39, 0.29) is 28.4 Å². The fraction of sp³-hybridized carbons (Fsp3) is 0.667. The first-order valence-electron chi connectivity index (χ1n) is 10.8. The van der Waals surface area contributed by atoms with Gasteiger partial charge in [0.25, 0.3) is 0 Å². The van der Waals surface area contributed by atoms with Gasteiger partial charge in [0.1, 0.15) is 18.5 Å². The number of benzene rings is 1. The van der Waals surface area contributed by atoms with Crippen molar-refractivity contribution < 1.29 is 32.9 Å². The summed E-state index contributed by atoms with van der Waals surface area (Å²) in [7, 11) is -3.27. The topological polar surface area (TPSA) is 125 Å². The summed E-state index contributed by atoms with van der Waals surface area (Å²) in [5, 5.41) is 22.4. The molecule has 2 atom stereocenters. The molecular formula is C21H30N2O7S. The van der Waals surface area contributed by atoms with Gasteiger partial charge in [-0.05, 0) is 50.3 Å². The van der Waals surface area contributed by atoms with Crippen LogP contribution in [0.2, 0.25) is 0 Å². The maximum Gasteiger partial charge on any atom is 0.407 e. The molecule has 1 spiro atoms. The molecule has 9 nitrogen and oxygen atoms in total. The lowest BCUT2D eigenvalue weighted by molar-refractivity contribution is -0.0395. The van der Waals surface area contributed by atoms with Crippen LogP contribution in [0.5, 0.6) is 5.75 Å². The van der Waals surface area contributed by atoms with E-state index >= 15 is 0 Å². The normalized spacial score (nSPS) is 24.3. The van der Waals surface area contributed by atoms with E-state index in [1.54, 1.807) is 18.2 Å². The van der Waals surface area contributed by atoms with Crippen molar-refractivity contribution in [2.45, 2.75) is 60.0 Å². The van der Waals surface area contributed by atoms with Crippen molar-refractivity contribution >= 4 is 15.9 Å². The lowest BCUT2D eigenvalue weighted by Crippen LogP contribution is -2.46. The highest BCUT2D eigenvalue weighted by molar-refractivity contribution is 7.92. The molecule has 3 fully saturated rings. The quantitative estimate of drug-likeness (QED) is 0.536. The minimum atomic E-state index is -3.27. The van der Waals surface area contributed by atoms with Crippen molar-refractivity contribution in [2.24, 2.45) is 0 Å². The monoisotopic (exact) mass is 454 g/mol. The number of hydrogen-bond donors (Lipinski definition) is 3. The van der Waals surface area contributed by atoms with Crippen LogP contribution in [0, 0.1) is 0 Å². The van der Waals surface area contributed by atoms with E-state index in [2.05, 4.69) is 5.32 Å². The average molecular weight is 455 g/mol. The summed E-state index contributed by atoms with van der Waals surface area (Å²) >= 11 is 0. The molecule has 1 aromatic carbocycles. The van der Waals surface area contributed by atoms with E-state index in [0.717, 1.165) is 6.42 Å². The highest BCUT2D eigenvalue weighted by atomic mass is 32.2. The number of sulfone groups is 1. The Bertz CT molecular complexity index is 895. The molecule has 2 aliphatic heterocycles. The molecule has 0 bridgehead atoms. The van der Waals surface area contributed by atoms with Gasteiger partial charge < -0.3 is 29.9 Å². The van der Waals surface area contributed by atoms with E-state index in [1.165, 1.54) is 11.0 Å². The van der Waals surface area contributed by atoms with Gasteiger partial charge in [-0.2, -0.15) is 0 Å². The molecule has 3 aliphatic rings. The van der Waals surface area contributed by atoms with E-state index < -0.39 is 22.0 Å². The molecule has 1 saturated carbocycles. The number of amides is 1. The van der Waals surface area contributed by atoms with Crippen LogP contribution in [-0.2, 0) is 14.6 Å². The Balaban J connectivity index is 1.20. The highest BCUT2D eigenvalue weighted by Gasteiger charge is 2.43. The maximum absolute atomic E-state index is 12.4. The maximum atomic E-state index is 12.4. The largest absolute Gasteiger partial charge is 0.491 e. The number of aliphatic hydroxyl groups is 1. The van der Waals surface area contributed by atoms with Crippen molar-refractivity contribution in [1.82, 2.24) is 10.2 Å². The van der Waals surface area contributed by atoms with Gasteiger partial charge in [0.15, 0.2) is 9.84 Å². The third-order valence-corrected chi connectivity index (χ3v) is 8.60. The summed E-state index contributed by atoms with van der Waals surface area (Å²) in [5.41, 5.74) is -0.279. The number of likely N-dealkylation sites (tertiary alicyclic amines) is 1. The standard InChI is InChI=1S/C21H30N2O7S/c24-16(14-29-17-2-1-3-19(10-17)31(27,28)18-4-5-18)12-22-15-11-21(30-13-15)6-8-23(9-7-21)20(25)26/h1-3,10,15-16,18,22,24H,4-9,11-14H2,(H,25,26). The number of piperidine rings is 1. The Kier molecular flexibility index (Phi) is 6.43. The van der Waals surface area contributed by atoms with Crippen molar-refractivity contribution in [1.29, 1.82) is 0 Å². The molecule has 1 aliphatic carbocycles. The van der Waals surface area contributed by atoms with Crippen molar-refractivity contribution in [3.63, 3.8) is 0 Å². The third-order valence-electron chi connectivity index (χ3n) is 6.34. The zero-order valence-corrected chi connectivity index (χ0v) is 18.2. The smallest absolute Gasteiger partial charge is 0.407 e. The van der Waals surface area contributed by atoms with Gasteiger partial charge in [-0.15, -0.1) is 0 Å². The number of rotatable bonds is 8. The van der Waals surface area contributed by atoms with Crippen LogP contribution in [0.3, 0.4) is 0 Å². The zero-order valence-electron chi connectivity index (χ0n) is 17.4. The number of nitrogens with zero attached hydrogens (tertiary/aromatic N) is 1. The SMILES string of the molecule is O=C(O)N1CCC2(CC1)CC(NCC(O)COc1cccc(S(=O)(=O)C3CC3)c1)CO2. The summed E-state index contributed by atoms with van der Waals surface area (Å²) in [6, 6.07) is 6.53. The van der Waals surface area contributed by atoms with Crippen LogP contribution >= 0.6 is 0 Å². The van der Waals surface area contributed by atoms with E-state index in [1.807, 2.05) is 0 Å².